The Bertz CT molecular complexity index is 855. The Morgan fingerprint density at radius 2 is 2.00 bits per heavy atom. The van der Waals surface area contributed by atoms with Gasteiger partial charge in [0, 0.05) is 28.5 Å². The number of ether oxygens (including phenoxy) is 1. The number of carbonyl (C=O) groups is 1. The smallest absolute Gasteiger partial charge is 0.174 e. The van der Waals surface area contributed by atoms with Crippen molar-refractivity contribution in [1.82, 2.24) is 4.90 Å². The van der Waals surface area contributed by atoms with Gasteiger partial charge in [-0.2, -0.15) is 0 Å². The van der Waals surface area contributed by atoms with Crippen molar-refractivity contribution in [1.29, 1.82) is 0 Å². The molecular weight excluding hydrogens is 390 g/mol. The quantitative estimate of drug-likeness (QED) is 0.660. The number of benzene rings is 2. The van der Waals surface area contributed by atoms with Gasteiger partial charge in [0.1, 0.15) is 5.75 Å². The topological polar surface area (TPSA) is 29.5 Å². The third kappa shape index (κ3) is 3.91. The highest BCUT2D eigenvalue weighted by atomic mass is 79.9. The third-order valence-electron chi connectivity index (χ3n) is 4.46. The molecule has 0 N–H and O–H groups in total. The van der Waals surface area contributed by atoms with Crippen molar-refractivity contribution >= 4 is 27.3 Å². The van der Waals surface area contributed by atoms with Crippen molar-refractivity contribution in [3.8, 4) is 5.75 Å². The fraction of sp³-hybridized carbons (Fsp3) is 0.227. The minimum atomic E-state index is -0.254. The molecule has 0 bridgehead atoms. The van der Waals surface area contributed by atoms with Gasteiger partial charge in [0.05, 0.1) is 12.5 Å². The number of Topliss-reactive ketones (excluding diaryl/α,β-unsaturated/α-hetero) is 1. The lowest BCUT2D eigenvalue weighted by molar-refractivity contribution is -0.115. The lowest BCUT2D eigenvalue weighted by Crippen LogP contribution is -2.33. The summed E-state index contributed by atoms with van der Waals surface area (Å²) in [7, 11) is 0. The number of carbonyl (C=O) groups excluding carboxylic acids is 1. The van der Waals surface area contributed by atoms with Crippen molar-refractivity contribution < 1.29 is 9.53 Å². The molecule has 2 aromatic carbocycles. The van der Waals surface area contributed by atoms with E-state index in [-0.39, 0.29) is 11.7 Å². The van der Waals surface area contributed by atoms with Crippen LogP contribution in [0.25, 0.3) is 5.57 Å². The molecule has 0 fully saturated rings. The van der Waals surface area contributed by atoms with Gasteiger partial charge in [0.15, 0.2) is 5.78 Å². The van der Waals surface area contributed by atoms with Crippen LogP contribution in [0.5, 0.6) is 5.75 Å². The van der Waals surface area contributed by atoms with Gasteiger partial charge >= 0.3 is 0 Å². The Morgan fingerprint density at radius 1 is 1.27 bits per heavy atom. The van der Waals surface area contributed by atoms with E-state index in [2.05, 4.69) is 27.4 Å². The highest BCUT2D eigenvalue weighted by molar-refractivity contribution is 9.10. The number of halogens is 1. The van der Waals surface area contributed by atoms with Gasteiger partial charge in [0.2, 0.25) is 0 Å². The van der Waals surface area contributed by atoms with E-state index >= 15 is 0 Å². The maximum atomic E-state index is 13.3. The summed E-state index contributed by atoms with van der Waals surface area (Å²) in [5.41, 5.74) is 3.50. The number of hydrogen-bond acceptors (Lipinski definition) is 3. The molecule has 26 heavy (non-hydrogen) atoms. The van der Waals surface area contributed by atoms with Crippen LogP contribution in [-0.4, -0.2) is 23.8 Å². The first-order chi connectivity index (χ1) is 12.5. The summed E-state index contributed by atoms with van der Waals surface area (Å²) in [4.78, 5) is 15.3. The van der Waals surface area contributed by atoms with E-state index in [9.17, 15) is 4.79 Å². The second-order valence-corrected chi connectivity index (χ2v) is 7.28. The summed E-state index contributed by atoms with van der Waals surface area (Å²) >= 11 is 3.45. The normalized spacial score (nSPS) is 17.0. The van der Waals surface area contributed by atoms with Crippen LogP contribution in [-0.2, 0) is 4.79 Å². The second-order valence-electron chi connectivity index (χ2n) is 6.36. The molecule has 0 saturated heterocycles. The number of nitrogens with zero attached hydrogens (tertiary/aromatic N) is 1. The summed E-state index contributed by atoms with van der Waals surface area (Å²) in [5, 5.41) is 0. The molecule has 3 nitrogen and oxygen atoms in total. The zero-order chi connectivity index (χ0) is 18.7. The predicted molar refractivity (Wildman–Crippen MR) is 109 cm³/mol. The van der Waals surface area contributed by atoms with Crippen molar-refractivity contribution in [2.45, 2.75) is 19.8 Å². The summed E-state index contributed by atoms with van der Waals surface area (Å²) in [6.07, 6.45) is 1.91. The highest BCUT2D eigenvalue weighted by Gasteiger charge is 2.31. The van der Waals surface area contributed by atoms with E-state index in [1.165, 1.54) is 0 Å². The molecule has 1 heterocycles. The standard InChI is InChI=1S/C22H22BrNO2/c1-4-26-19-7-5-6-17(12-19)21-14-24(15(2)3)13-20(22(21)25)16-8-10-18(23)11-9-16/h5-13,21H,2,4,14H2,1,3H3. The first kappa shape index (κ1) is 18.5. The van der Waals surface area contributed by atoms with Crippen molar-refractivity contribution in [3.05, 3.63) is 82.6 Å². The molecule has 1 unspecified atom stereocenters. The minimum Gasteiger partial charge on any atom is -0.494 e. The van der Waals surface area contributed by atoms with Gasteiger partial charge in [-0.15, -0.1) is 0 Å². The maximum Gasteiger partial charge on any atom is 0.174 e. The molecular formula is C22H22BrNO2. The Kier molecular flexibility index (Phi) is 5.62. The molecule has 1 aliphatic heterocycles. The molecule has 4 heteroatoms. The largest absolute Gasteiger partial charge is 0.494 e. The van der Waals surface area contributed by atoms with Crippen molar-refractivity contribution in [2.75, 3.05) is 13.2 Å². The van der Waals surface area contributed by atoms with E-state index in [0.717, 1.165) is 27.0 Å². The van der Waals surface area contributed by atoms with Crippen LogP contribution in [0, 0.1) is 0 Å². The van der Waals surface area contributed by atoms with Gasteiger partial charge in [-0.1, -0.05) is 46.8 Å². The molecule has 0 saturated carbocycles. The first-order valence-electron chi connectivity index (χ1n) is 8.66. The van der Waals surface area contributed by atoms with Gasteiger partial charge < -0.3 is 9.64 Å². The van der Waals surface area contributed by atoms with Gasteiger partial charge in [0.25, 0.3) is 0 Å². The average Bonchev–Trinajstić information content (AvgIpc) is 2.63. The van der Waals surface area contributed by atoms with Gasteiger partial charge in [-0.3, -0.25) is 4.79 Å². The molecule has 2 aromatic rings. The van der Waals surface area contributed by atoms with Crippen LogP contribution >= 0.6 is 15.9 Å². The van der Waals surface area contributed by atoms with Crippen LogP contribution in [0.1, 0.15) is 30.9 Å². The molecule has 3 rings (SSSR count). The molecule has 0 aliphatic carbocycles. The number of rotatable bonds is 5. The molecule has 0 aromatic heterocycles. The zero-order valence-corrected chi connectivity index (χ0v) is 16.6. The Morgan fingerprint density at radius 3 is 2.65 bits per heavy atom. The maximum absolute atomic E-state index is 13.3. The fourth-order valence-electron chi connectivity index (χ4n) is 3.10. The van der Waals surface area contributed by atoms with E-state index < -0.39 is 0 Å². The monoisotopic (exact) mass is 411 g/mol. The fourth-order valence-corrected chi connectivity index (χ4v) is 3.36. The summed E-state index contributed by atoms with van der Waals surface area (Å²) in [6, 6.07) is 15.6. The van der Waals surface area contributed by atoms with Crippen molar-refractivity contribution in [2.24, 2.45) is 0 Å². The van der Waals surface area contributed by atoms with Gasteiger partial charge in [-0.05, 0) is 49.2 Å². The SMILES string of the molecule is C=C(C)N1C=C(c2ccc(Br)cc2)C(=O)C(c2cccc(OCC)c2)C1. The lowest BCUT2D eigenvalue weighted by atomic mass is 9.85. The third-order valence-corrected chi connectivity index (χ3v) is 4.99. The van der Waals surface area contributed by atoms with E-state index in [1.807, 2.05) is 68.6 Å². The van der Waals surface area contributed by atoms with Crippen LogP contribution in [0.4, 0.5) is 0 Å². The number of ketones is 1. The van der Waals surface area contributed by atoms with Crippen molar-refractivity contribution in [3.63, 3.8) is 0 Å². The zero-order valence-electron chi connectivity index (χ0n) is 15.0. The Labute approximate surface area is 163 Å². The second kappa shape index (κ2) is 7.92. The summed E-state index contributed by atoms with van der Waals surface area (Å²) < 4.78 is 6.60. The molecule has 0 radical (unpaired) electrons. The highest BCUT2D eigenvalue weighted by Crippen LogP contribution is 2.34. The van der Waals surface area contributed by atoms with E-state index in [0.29, 0.717) is 18.7 Å². The van der Waals surface area contributed by atoms with Crippen LogP contribution in [0.3, 0.4) is 0 Å². The summed E-state index contributed by atoms with van der Waals surface area (Å²) in [6.45, 7) is 9.16. The van der Waals surface area contributed by atoms with Crippen LogP contribution in [0.15, 0.2) is 71.5 Å². The Balaban J connectivity index is 2.01. The van der Waals surface area contributed by atoms with Crippen LogP contribution < -0.4 is 4.74 Å². The molecule has 1 aliphatic rings. The lowest BCUT2D eigenvalue weighted by Gasteiger charge is -2.32. The minimum absolute atomic E-state index is 0.124. The molecule has 1 atom stereocenters. The Hall–Kier alpha value is -2.33. The number of allylic oxidation sites excluding steroid dienone is 2. The molecule has 0 amide bonds. The average molecular weight is 412 g/mol. The molecule has 134 valence electrons. The molecule has 0 spiro atoms. The number of hydrogen-bond donors (Lipinski definition) is 0. The van der Waals surface area contributed by atoms with Crippen LogP contribution in [0.2, 0.25) is 0 Å². The van der Waals surface area contributed by atoms with E-state index in [1.54, 1.807) is 0 Å². The van der Waals surface area contributed by atoms with Gasteiger partial charge in [-0.25, -0.2) is 0 Å². The first-order valence-corrected chi connectivity index (χ1v) is 9.45. The summed E-state index contributed by atoms with van der Waals surface area (Å²) in [5.74, 6) is 0.661. The predicted octanol–water partition coefficient (Wildman–Crippen LogP) is 5.39. The van der Waals surface area contributed by atoms with E-state index in [4.69, 9.17) is 4.74 Å².